The van der Waals surface area contributed by atoms with Gasteiger partial charge in [-0.05, 0) is 44.4 Å². The van der Waals surface area contributed by atoms with Gasteiger partial charge in [-0.1, -0.05) is 6.92 Å². The Morgan fingerprint density at radius 3 is 2.75 bits per heavy atom. The summed E-state index contributed by atoms with van der Waals surface area (Å²) in [5.41, 5.74) is 5.93. The molecule has 3 N–H and O–H groups in total. The van der Waals surface area contributed by atoms with Crippen LogP contribution in [0.5, 0.6) is 0 Å². The smallest absolute Gasteiger partial charge is 0.252 e. The van der Waals surface area contributed by atoms with Crippen molar-refractivity contribution in [3.8, 4) is 0 Å². The number of nitrogens with zero attached hydrogens (tertiary/aromatic N) is 2. The summed E-state index contributed by atoms with van der Waals surface area (Å²) in [6, 6.07) is 4.55. The number of primary amides is 1. The van der Waals surface area contributed by atoms with E-state index in [0.717, 1.165) is 19.4 Å². The molecule has 1 aliphatic carbocycles. The van der Waals surface area contributed by atoms with E-state index in [9.17, 15) is 4.79 Å². The summed E-state index contributed by atoms with van der Waals surface area (Å²) in [5.74, 6) is 0.285. The van der Waals surface area contributed by atoms with Crippen LogP contribution in [0.25, 0.3) is 0 Å². The third-order valence-corrected chi connectivity index (χ3v) is 4.12. The number of carbonyl (C=O) groups excluding carboxylic acids is 1. The number of rotatable bonds is 5. The average molecular weight is 276 g/mol. The van der Waals surface area contributed by atoms with Gasteiger partial charge >= 0.3 is 0 Å². The molecule has 1 heterocycles. The van der Waals surface area contributed by atoms with Crippen molar-refractivity contribution < 1.29 is 4.79 Å². The lowest BCUT2D eigenvalue weighted by atomic mass is 9.90. The number of pyridine rings is 1. The molecule has 2 rings (SSSR count). The summed E-state index contributed by atoms with van der Waals surface area (Å²) in [6.45, 7) is 3.17. The Morgan fingerprint density at radius 2 is 2.15 bits per heavy atom. The number of amides is 1. The number of hydrogen-bond donors (Lipinski definition) is 2. The molecule has 0 aromatic carbocycles. The van der Waals surface area contributed by atoms with Crippen molar-refractivity contribution in [1.82, 2.24) is 10.3 Å². The fourth-order valence-electron chi connectivity index (χ4n) is 3.00. The first-order valence-electron chi connectivity index (χ1n) is 7.34. The number of carbonyl (C=O) groups is 1. The lowest BCUT2D eigenvalue weighted by molar-refractivity contribution is 0.100. The summed E-state index contributed by atoms with van der Waals surface area (Å²) in [7, 11) is 2.01. The zero-order chi connectivity index (χ0) is 14.5. The molecule has 0 bridgehead atoms. The summed E-state index contributed by atoms with van der Waals surface area (Å²) in [5, 5.41) is 3.51. The largest absolute Gasteiger partial charge is 0.365 e. The quantitative estimate of drug-likeness (QED) is 0.855. The zero-order valence-electron chi connectivity index (χ0n) is 12.3. The Balaban J connectivity index is 2.05. The van der Waals surface area contributed by atoms with Gasteiger partial charge < -0.3 is 16.0 Å². The van der Waals surface area contributed by atoms with Crippen LogP contribution >= 0.6 is 0 Å². The molecule has 5 heteroatoms. The van der Waals surface area contributed by atoms with E-state index < -0.39 is 5.91 Å². The molecule has 0 radical (unpaired) electrons. The minimum atomic E-state index is -0.415. The van der Waals surface area contributed by atoms with Crippen LogP contribution < -0.4 is 16.0 Å². The Hall–Kier alpha value is -1.62. The van der Waals surface area contributed by atoms with E-state index in [-0.39, 0.29) is 0 Å². The standard InChI is InChI=1S/C15H24N4O/c1-3-17-11-6-8-12(9-7-11)19(2)15-13(14(16)20)5-4-10-18-15/h4-5,10-12,17H,3,6-9H2,1-2H3,(H2,16,20). The second-order valence-corrected chi connectivity index (χ2v) is 5.41. The lowest BCUT2D eigenvalue weighted by Gasteiger charge is -2.36. The summed E-state index contributed by atoms with van der Waals surface area (Å²) >= 11 is 0. The molecule has 5 nitrogen and oxygen atoms in total. The first-order chi connectivity index (χ1) is 9.63. The van der Waals surface area contributed by atoms with E-state index in [4.69, 9.17) is 5.73 Å². The fourth-order valence-corrected chi connectivity index (χ4v) is 3.00. The van der Waals surface area contributed by atoms with E-state index in [2.05, 4.69) is 22.1 Å². The normalized spacial score (nSPS) is 22.5. The highest BCUT2D eigenvalue weighted by atomic mass is 16.1. The van der Waals surface area contributed by atoms with Crippen molar-refractivity contribution in [2.45, 2.75) is 44.7 Å². The lowest BCUT2D eigenvalue weighted by Crippen LogP contribution is -2.41. The van der Waals surface area contributed by atoms with Gasteiger partial charge in [0, 0.05) is 25.3 Å². The third-order valence-electron chi connectivity index (χ3n) is 4.12. The second kappa shape index (κ2) is 6.70. The van der Waals surface area contributed by atoms with Crippen LogP contribution in [0.2, 0.25) is 0 Å². The van der Waals surface area contributed by atoms with Crippen molar-refractivity contribution in [3.05, 3.63) is 23.9 Å². The molecule has 1 aromatic heterocycles. The Labute approximate surface area is 120 Å². The van der Waals surface area contributed by atoms with Gasteiger partial charge in [0.25, 0.3) is 5.91 Å². The predicted octanol–water partition coefficient (Wildman–Crippen LogP) is 1.54. The summed E-state index contributed by atoms with van der Waals surface area (Å²) in [4.78, 5) is 17.9. The van der Waals surface area contributed by atoms with Crippen molar-refractivity contribution in [2.75, 3.05) is 18.5 Å². The van der Waals surface area contributed by atoms with Crippen molar-refractivity contribution in [2.24, 2.45) is 5.73 Å². The van der Waals surface area contributed by atoms with Gasteiger partial charge in [0.1, 0.15) is 5.82 Å². The molecule has 0 unspecified atom stereocenters. The Morgan fingerprint density at radius 1 is 1.45 bits per heavy atom. The molecule has 0 saturated heterocycles. The highest BCUT2D eigenvalue weighted by molar-refractivity contribution is 5.97. The van der Waals surface area contributed by atoms with Crippen LogP contribution in [-0.2, 0) is 0 Å². The topological polar surface area (TPSA) is 71.2 Å². The predicted molar refractivity (Wildman–Crippen MR) is 80.9 cm³/mol. The molecular weight excluding hydrogens is 252 g/mol. The Bertz CT molecular complexity index is 455. The van der Waals surface area contributed by atoms with Crippen LogP contribution in [0.15, 0.2) is 18.3 Å². The van der Waals surface area contributed by atoms with Gasteiger partial charge in [0.2, 0.25) is 0 Å². The molecule has 0 atom stereocenters. The molecule has 1 saturated carbocycles. The van der Waals surface area contributed by atoms with Gasteiger partial charge in [-0.25, -0.2) is 4.98 Å². The van der Waals surface area contributed by atoms with Gasteiger partial charge in [-0.2, -0.15) is 0 Å². The van der Waals surface area contributed by atoms with E-state index in [0.29, 0.717) is 23.5 Å². The maximum Gasteiger partial charge on any atom is 0.252 e. The molecule has 1 fully saturated rings. The van der Waals surface area contributed by atoms with Crippen LogP contribution in [0, 0.1) is 0 Å². The molecule has 1 aromatic rings. The van der Waals surface area contributed by atoms with Gasteiger partial charge in [0.15, 0.2) is 0 Å². The van der Waals surface area contributed by atoms with E-state index in [1.54, 1.807) is 18.3 Å². The van der Waals surface area contributed by atoms with Crippen molar-refractivity contribution in [1.29, 1.82) is 0 Å². The minimum Gasteiger partial charge on any atom is -0.365 e. The van der Waals surface area contributed by atoms with E-state index >= 15 is 0 Å². The number of anilines is 1. The highest BCUT2D eigenvalue weighted by Gasteiger charge is 2.26. The Kier molecular flexibility index (Phi) is 4.95. The van der Waals surface area contributed by atoms with Crippen LogP contribution in [0.3, 0.4) is 0 Å². The molecule has 0 aliphatic heterocycles. The van der Waals surface area contributed by atoms with E-state index in [1.165, 1.54) is 12.8 Å². The molecule has 1 amide bonds. The van der Waals surface area contributed by atoms with Crippen LogP contribution in [-0.4, -0.2) is 36.6 Å². The fraction of sp³-hybridized carbons (Fsp3) is 0.600. The van der Waals surface area contributed by atoms with Crippen molar-refractivity contribution >= 4 is 11.7 Å². The monoisotopic (exact) mass is 276 g/mol. The number of nitrogens with two attached hydrogens (primary N) is 1. The number of nitrogens with one attached hydrogen (secondary N) is 1. The maximum absolute atomic E-state index is 11.5. The molecule has 20 heavy (non-hydrogen) atoms. The molecule has 1 aliphatic rings. The molecule has 110 valence electrons. The SMILES string of the molecule is CCNC1CCC(N(C)c2ncccc2C(N)=O)CC1. The van der Waals surface area contributed by atoms with Gasteiger partial charge in [-0.3, -0.25) is 4.79 Å². The van der Waals surface area contributed by atoms with Gasteiger partial charge in [0.05, 0.1) is 5.56 Å². The summed E-state index contributed by atoms with van der Waals surface area (Å²) in [6.07, 6.45) is 6.28. The van der Waals surface area contributed by atoms with Gasteiger partial charge in [-0.15, -0.1) is 0 Å². The summed E-state index contributed by atoms with van der Waals surface area (Å²) < 4.78 is 0. The van der Waals surface area contributed by atoms with E-state index in [1.807, 2.05) is 7.05 Å². The minimum absolute atomic E-state index is 0.415. The van der Waals surface area contributed by atoms with Crippen LogP contribution in [0.1, 0.15) is 43.0 Å². The number of aromatic nitrogens is 1. The number of hydrogen-bond acceptors (Lipinski definition) is 4. The highest BCUT2D eigenvalue weighted by Crippen LogP contribution is 2.27. The zero-order valence-corrected chi connectivity index (χ0v) is 12.3. The first-order valence-corrected chi connectivity index (χ1v) is 7.34. The molecular formula is C15H24N4O. The average Bonchev–Trinajstić information content (AvgIpc) is 2.47. The second-order valence-electron chi connectivity index (χ2n) is 5.41. The first kappa shape index (κ1) is 14.8. The van der Waals surface area contributed by atoms with Crippen molar-refractivity contribution in [3.63, 3.8) is 0 Å². The third kappa shape index (κ3) is 3.28. The molecule has 0 spiro atoms. The van der Waals surface area contributed by atoms with Crippen LogP contribution in [0.4, 0.5) is 5.82 Å². The maximum atomic E-state index is 11.5.